The highest BCUT2D eigenvalue weighted by molar-refractivity contribution is 8.00. The Bertz CT molecular complexity index is 365. The Morgan fingerprint density at radius 2 is 2.31 bits per heavy atom. The summed E-state index contributed by atoms with van der Waals surface area (Å²) in [5.41, 5.74) is 7.70. The Kier molecular flexibility index (Phi) is 4.56. The molecule has 1 heterocycles. The molecule has 0 aliphatic rings. The third-order valence-electron chi connectivity index (χ3n) is 2.10. The second-order valence-corrected chi connectivity index (χ2v) is 4.47. The van der Waals surface area contributed by atoms with Crippen molar-refractivity contribution in [2.75, 3.05) is 5.73 Å². The SMILES string of the molecule is CCCC(Sc1nnc(N)n1C)C(=O)NN. The number of carbonyl (C=O) groups is 1. The number of aromatic nitrogens is 3. The van der Waals surface area contributed by atoms with E-state index in [2.05, 4.69) is 15.6 Å². The first-order valence-electron chi connectivity index (χ1n) is 4.92. The van der Waals surface area contributed by atoms with E-state index in [1.807, 2.05) is 6.92 Å². The molecule has 1 aromatic heterocycles. The fourth-order valence-electron chi connectivity index (χ4n) is 1.15. The Balaban J connectivity index is 2.75. The van der Waals surface area contributed by atoms with Gasteiger partial charge in [-0.3, -0.25) is 14.8 Å². The first-order chi connectivity index (χ1) is 7.60. The van der Waals surface area contributed by atoms with Crippen LogP contribution >= 0.6 is 11.8 Å². The van der Waals surface area contributed by atoms with Crippen LogP contribution in [0.5, 0.6) is 0 Å². The number of nitrogens with zero attached hydrogens (tertiary/aromatic N) is 3. The molecule has 1 atom stereocenters. The van der Waals surface area contributed by atoms with E-state index >= 15 is 0 Å². The van der Waals surface area contributed by atoms with Crippen molar-refractivity contribution in [1.29, 1.82) is 0 Å². The van der Waals surface area contributed by atoms with Gasteiger partial charge in [0.05, 0.1) is 5.25 Å². The van der Waals surface area contributed by atoms with E-state index in [1.54, 1.807) is 11.6 Å². The van der Waals surface area contributed by atoms with Gasteiger partial charge in [-0.2, -0.15) is 0 Å². The van der Waals surface area contributed by atoms with Gasteiger partial charge < -0.3 is 5.73 Å². The highest BCUT2D eigenvalue weighted by Crippen LogP contribution is 2.25. The van der Waals surface area contributed by atoms with Crippen LogP contribution in [0.4, 0.5) is 5.95 Å². The molecule has 1 unspecified atom stereocenters. The van der Waals surface area contributed by atoms with E-state index in [1.165, 1.54) is 11.8 Å². The number of hydrogen-bond donors (Lipinski definition) is 3. The average Bonchev–Trinajstić information content (AvgIpc) is 2.59. The highest BCUT2D eigenvalue weighted by atomic mass is 32.2. The van der Waals surface area contributed by atoms with Gasteiger partial charge in [-0.15, -0.1) is 10.2 Å². The fourth-order valence-corrected chi connectivity index (χ4v) is 2.28. The molecule has 0 saturated heterocycles. The minimum atomic E-state index is -0.266. The monoisotopic (exact) mass is 244 g/mol. The lowest BCUT2D eigenvalue weighted by atomic mass is 10.2. The summed E-state index contributed by atoms with van der Waals surface area (Å²) in [6.07, 6.45) is 1.61. The number of anilines is 1. The predicted molar refractivity (Wildman–Crippen MR) is 62.3 cm³/mol. The van der Waals surface area contributed by atoms with Gasteiger partial charge in [-0.05, 0) is 6.42 Å². The lowest BCUT2D eigenvalue weighted by Crippen LogP contribution is -2.37. The Morgan fingerprint density at radius 1 is 1.62 bits per heavy atom. The maximum absolute atomic E-state index is 11.5. The van der Waals surface area contributed by atoms with Crippen molar-refractivity contribution in [3.05, 3.63) is 0 Å². The highest BCUT2D eigenvalue weighted by Gasteiger charge is 2.21. The molecule has 0 spiro atoms. The minimum Gasteiger partial charge on any atom is -0.368 e. The van der Waals surface area contributed by atoms with Crippen LogP contribution in [0.25, 0.3) is 0 Å². The van der Waals surface area contributed by atoms with Crippen molar-refractivity contribution in [2.24, 2.45) is 12.9 Å². The predicted octanol–water partition coefficient (Wildman–Crippen LogP) is -0.352. The molecule has 8 heteroatoms. The zero-order valence-corrected chi connectivity index (χ0v) is 10.1. The maximum atomic E-state index is 11.5. The van der Waals surface area contributed by atoms with E-state index in [0.717, 1.165) is 12.8 Å². The molecule has 1 rings (SSSR count). The van der Waals surface area contributed by atoms with Gasteiger partial charge in [0.25, 0.3) is 0 Å². The standard InChI is InChI=1S/C8H16N6OS/c1-3-4-5(6(15)11-10)16-8-13-12-7(9)14(8)2/h5H,3-4,10H2,1-2H3,(H2,9,12)(H,11,15). The molecule has 16 heavy (non-hydrogen) atoms. The zero-order valence-electron chi connectivity index (χ0n) is 9.30. The molecule has 0 aliphatic carbocycles. The van der Waals surface area contributed by atoms with Crippen LogP contribution in [0.1, 0.15) is 19.8 Å². The summed E-state index contributed by atoms with van der Waals surface area (Å²) in [6, 6.07) is 0. The molecular formula is C8H16N6OS. The van der Waals surface area contributed by atoms with Gasteiger partial charge in [0.2, 0.25) is 11.9 Å². The lowest BCUT2D eigenvalue weighted by molar-refractivity contribution is -0.120. The first-order valence-corrected chi connectivity index (χ1v) is 5.80. The van der Waals surface area contributed by atoms with Crippen molar-refractivity contribution in [2.45, 2.75) is 30.2 Å². The molecule has 90 valence electrons. The minimum absolute atomic E-state index is 0.214. The van der Waals surface area contributed by atoms with Gasteiger partial charge in [-0.1, -0.05) is 25.1 Å². The van der Waals surface area contributed by atoms with Crippen LogP contribution in [-0.4, -0.2) is 25.9 Å². The number of hydrogen-bond acceptors (Lipinski definition) is 6. The average molecular weight is 244 g/mol. The number of carbonyl (C=O) groups excluding carboxylic acids is 1. The maximum Gasteiger partial charge on any atom is 0.247 e. The molecule has 0 aliphatic heterocycles. The van der Waals surface area contributed by atoms with Crippen molar-refractivity contribution < 1.29 is 4.79 Å². The van der Waals surface area contributed by atoms with Crippen molar-refractivity contribution in [3.8, 4) is 0 Å². The van der Waals surface area contributed by atoms with Crippen molar-refractivity contribution >= 4 is 23.6 Å². The van der Waals surface area contributed by atoms with Gasteiger partial charge in [0.1, 0.15) is 0 Å². The molecule has 0 bridgehead atoms. The Labute approximate surface area is 97.9 Å². The molecule has 0 saturated carbocycles. The summed E-state index contributed by atoms with van der Waals surface area (Å²) in [5.74, 6) is 5.23. The van der Waals surface area contributed by atoms with Crippen molar-refractivity contribution in [1.82, 2.24) is 20.2 Å². The van der Waals surface area contributed by atoms with Crippen LogP contribution in [-0.2, 0) is 11.8 Å². The normalized spacial score (nSPS) is 12.4. The smallest absolute Gasteiger partial charge is 0.247 e. The number of hydrazine groups is 1. The van der Waals surface area contributed by atoms with Gasteiger partial charge in [0.15, 0.2) is 5.16 Å². The van der Waals surface area contributed by atoms with Crippen LogP contribution < -0.4 is 17.0 Å². The summed E-state index contributed by atoms with van der Waals surface area (Å²) in [4.78, 5) is 11.5. The topological polar surface area (TPSA) is 112 Å². The Morgan fingerprint density at radius 3 is 2.75 bits per heavy atom. The lowest BCUT2D eigenvalue weighted by Gasteiger charge is -2.12. The van der Waals surface area contributed by atoms with Gasteiger partial charge in [0, 0.05) is 7.05 Å². The molecular weight excluding hydrogens is 228 g/mol. The fraction of sp³-hybridized carbons (Fsp3) is 0.625. The van der Waals surface area contributed by atoms with E-state index in [9.17, 15) is 4.79 Å². The van der Waals surface area contributed by atoms with Gasteiger partial charge >= 0.3 is 0 Å². The number of nitrogen functional groups attached to an aromatic ring is 1. The summed E-state index contributed by atoms with van der Waals surface area (Å²) >= 11 is 1.31. The molecule has 1 aromatic rings. The molecule has 0 fully saturated rings. The third-order valence-corrected chi connectivity index (χ3v) is 3.40. The number of thioether (sulfide) groups is 1. The van der Waals surface area contributed by atoms with E-state index < -0.39 is 0 Å². The third kappa shape index (κ3) is 2.86. The van der Waals surface area contributed by atoms with Crippen molar-refractivity contribution in [3.63, 3.8) is 0 Å². The molecule has 1 amide bonds. The molecule has 0 aromatic carbocycles. The van der Waals surface area contributed by atoms with Gasteiger partial charge in [-0.25, -0.2) is 5.84 Å². The quantitative estimate of drug-likeness (QED) is 0.282. The Hall–Kier alpha value is -1.28. The zero-order chi connectivity index (χ0) is 12.1. The number of nitrogens with two attached hydrogens (primary N) is 2. The number of amides is 1. The summed E-state index contributed by atoms with van der Waals surface area (Å²) in [6.45, 7) is 2.00. The first kappa shape index (κ1) is 12.8. The molecule has 7 nitrogen and oxygen atoms in total. The van der Waals surface area contributed by atoms with E-state index in [-0.39, 0.29) is 11.2 Å². The van der Waals surface area contributed by atoms with Crippen LogP contribution in [0.15, 0.2) is 5.16 Å². The molecule has 0 radical (unpaired) electrons. The summed E-state index contributed by atoms with van der Waals surface area (Å²) < 4.78 is 1.64. The van der Waals surface area contributed by atoms with E-state index in [4.69, 9.17) is 11.6 Å². The van der Waals surface area contributed by atoms with Crippen LogP contribution in [0.2, 0.25) is 0 Å². The number of nitrogens with one attached hydrogen (secondary N) is 1. The molecule has 5 N–H and O–H groups in total. The largest absolute Gasteiger partial charge is 0.368 e. The second kappa shape index (κ2) is 5.71. The summed E-state index contributed by atoms with van der Waals surface area (Å²) in [5, 5.41) is 7.95. The van der Waals surface area contributed by atoms with Crippen LogP contribution in [0.3, 0.4) is 0 Å². The second-order valence-electron chi connectivity index (χ2n) is 3.30. The van der Waals surface area contributed by atoms with E-state index in [0.29, 0.717) is 11.1 Å². The number of rotatable bonds is 5. The van der Waals surface area contributed by atoms with Crippen LogP contribution in [0, 0.1) is 0 Å². The summed E-state index contributed by atoms with van der Waals surface area (Å²) in [7, 11) is 1.75.